The number of ketones is 2. The van der Waals surface area contributed by atoms with Crippen LogP contribution < -0.4 is 0 Å². The van der Waals surface area contributed by atoms with Crippen LogP contribution in [0.4, 0.5) is 0 Å². The number of thiophene rings is 1. The third-order valence-corrected chi connectivity index (χ3v) is 3.67. The van der Waals surface area contributed by atoms with E-state index >= 15 is 0 Å². The van der Waals surface area contributed by atoms with Crippen molar-refractivity contribution < 1.29 is 9.59 Å². The minimum absolute atomic E-state index is 0.0629. The van der Waals surface area contributed by atoms with Crippen molar-refractivity contribution >= 4 is 28.5 Å². The maximum Gasteiger partial charge on any atom is 0.197 e. The maximum absolute atomic E-state index is 12.2. The smallest absolute Gasteiger partial charge is 0.197 e. The average Bonchev–Trinajstić information content (AvgIpc) is 2.85. The Morgan fingerprint density at radius 2 is 1.71 bits per heavy atom. The fraction of sp³-hybridized carbons (Fsp3) is 0. The van der Waals surface area contributed by atoms with Crippen LogP contribution in [0.5, 0.6) is 0 Å². The highest BCUT2D eigenvalue weighted by Gasteiger charge is 2.27. The molecule has 0 saturated heterocycles. The van der Waals surface area contributed by atoms with Crippen LogP contribution in [0.25, 0.3) is 5.57 Å². The van der Waals surface area contributed by atoms with Crippen molar-refractivity contribution in [2.24, 2.45) is 0 Å². The largest absolute Gasteiger partial charge is 0.289 e. The molecule has 17 heavy (non-hydrogen) atoms. The van der Waals surface area contributed by atoms with E-state index in [1.807, 2.05) is 30.3 Å². The van der Waals surface area contributed by atoms with E-state index in [9.17, 15) is 9.59 Å². The zero-order valence-corrected chi connectivity index (χ0v) is 9.66. The van der Waals surface area contributed by atoms with Gasteiger partial charge in [-0.3, -0.25) is 9.59 Å². The molecule has 2 nitrogen and oxygen atoms in total. The lowest BCUT2D eigenvalue weighted by molar-refractivity contribution is 0.100. The normalized spacial score (nSPS) is 14.5. The Bertz CT molecular complexity index is 635. The van der Waals surface area contributed by atoms with Gasteiger partial charge in [-0.25, -0.2) is 0 Å². The second-order valence-corrected chi connectivity index (χ2v) is 4.70. The molecule has 82 valence electrons. The van der Waals surface area contributed by atoms with Gasteiger partial charge in [0.05, 0.1) is 4.88 Å². The Morgan fingerprint density at radius 1 is 0.941 bits per heavy atom. The van der Waals surface area contributed by atoms with Crippen LogP contribution in [0.15, 0.2) is 47.9 Å². The number of benzene rings is 1. The number of hydrogen-bond acceptors (Lipinski definition) is 3. The summed E-state index contributed by atoms with van der Waals surface area (Å²) in [6.07, 6.45) is 1.44. The summed E-state index contributed by atoms with van der Waals surface area (Å²) in [7, 11) is 0. The number of hydrogen-bond donors (Lipinski definition) is 0. The summed E-state index contributed by atoms with van der Waals surface area (Å²) in [6, 6.07) is 11.0. The lowest BCUT2D eigenvalue weighted by Gasteiger charge is -2.11. The van der Waals surface area contributed by atoms with Crippen molar-refractivity contribution in [2.45, 2.75) is 0 Å². The van der Waals surface area contributed by atoms with Crippen LogP contribution in [0.1, 0.15) is 25.6 Å². The van der Waals surface area contributed by atoms with Crippen LogP contribution in [0, 0.1) is 0 Å². The first kappa shape index (κ1) is 10.2. The number of carbonyl (C=O) groups is 2. The number of rotatable bonds is 1. The first-order chi connectivity index (χ1) is 8.27. The summed E-state index contributed by atoms with van der Waals surface area (Å²) >= 11 is 1.32. The minimum atomic E-state index is -0.0755. The van der Waals surface area contributed by atoms with E-state index in [0.717, 1.165) is 5.56 Å². The molecule has 0 atom stereocenters. The highest BCUT2D eigenvalue weighted by Crippen LogP contribution is 2.30. The Kier molecular flexibility index (Phi) is 2.27. The molecule has 3 heteroatoms. The van der Waals surface area contributed by atoms with Gasteiger partial charge in [0.2, 0.25) is 0 Å². The molecule has 0 amide bonds. The van der Waals surface area contributed by atoms with Gasteiger partial charge >= 0.3 is 0 Å². The Hall–Kier alpha value is -2.00. The third-order valence-electron chi connectivity index (χ3n) is 2.74. The summed E-state index contributed by atoms with van der Waals surface area (Å²) in [4.78, 5) is 24.6. The van der Waals surface area contributed by atoms with Gasteiger partial charge in [-0.1, -0.05) is 30.3 Å². The average molecular weight is 240 g/mol. The molecule has 0 aliphatic heterocycles. The van der Waals surface area contributed by atoms with Crippen molar-refractivity contribution in [1.82, 2.24) is 0 Å². The highest BCUT2D eigenvalue weighted by atomic mass is 32.1. The van der Waals surface area contributed by atoms with Gasteiger partial charge in [0.1, 0.15) is 0 Å². The fourth-order valence-electron chi connectivity index (χ4n) is 1.92. The molecule has 0 saturated carbocycles. The lowest BCUT2D eigenvalue weighted by Crippen LogP contribution is -2.13. The monoisotopic (exact) mass is 240 g/mol. The fourth-order valence-corrected chi connectivity index (χ4v) is 2.72. The van der Waals surface area contributed by atoms with Crippen LogP contribution >= 0.6 is 11.3 Å². The predicted molar refractivity (Wildman–Crippen MR) is 67.4 cm³/mol. The number of allylic oxidation sites excluding steroid dienone is 2. The zero-order valence-electron chi connectivity index (χ0n) is 8.84. The van der Waals surface area contributed by atoms with Crippen LogP contribution in [-0.2, 0) is 0 Å². The van der Waals surface area contributed by atoms with E-state index in [-0.39, 0.29) is 11.6 Å². The summed E-state index contributed by atoms with van der Waals surface area (Å²) in [6.45, 7) is 0. The Labute approximate surface area is 102 Å². The molecule has 0 radical (unpaired) electrons. The van der Waals surface area contributed by atoms with E-state index in [1.54, 1.807) is 11.4 Å². The van der Waals surface area contributed by atoms with Crippen LogP contribution in [-0.4, -0.2) is 11.6 Å². The number of fused-ring (bicyclic) bond motifs is 1. The standard InChI is InChI=1S/C14H8O2S/c15-12-8-11(9-4-2-1-3-5-9)13(16)10-6-7-17-14(10)12/h1-8H. The van der Waals surface area contributed by atoms with Crippen LogP contribution in [0.2, 0.25) is 0 Å². The Morgan fingerprint density at radius 3 is 2.47 bits per heavy atom. The predicted octanol–water partition coefficient (Wildman–Crippen LogP) is 3.21. The van der Waals surface area contributed by atoms with E-state index in [0.29, 0.717) is 16.0 Å². The number of carbonyl (C=O) groups excluding carboxylic acids is 2. The second-order valence-electron chi connectivity index (χ2n) is 3.78. The van der Waals surface area contributed by atoms with Gasteiger partial charge in [0.25, 0.3) is 0 Å². The molecule has 1 aliphatic rings. The van der Waals surface area contributed by atoms with Crippen molar-refractivity contribution in [1.29, 1.82) is 0 Å². The summed E-state index contributed by atoms with van der Waals surface area (Å²) in [5, 5.41) is 1.78. The summed E-state index contributed by atoms with van der Waals surface area (Å²) < 4.78 is 0. The SMILES string of the molecule is O=C1C(c2ccccc2)=CC(=O)c2sccc21. The van der Waals surface area contributed by atoms with Gasteiger partial charge in [0.15, 0.2) is 11.6 Å². The van der Waals surface area contributed by atoms with E-state index in [4.69, 9.17) is 0 Å². The summed E-state index contributed by atoms with van der Waals surface area (Å²) in [5.74, 6) is -0.138. The quantitative estimate of drug-likeness (QED) is 0.767. The van der Waals surface area contributed by atoms with E-state index in [1.165, 1.54) is 17.4 Å². The molecule has 3 rings (SSSR count). The van der Waals surface area contributed by atoms with Crippen LogP contribution in [0.3, 0.4) is 0 Å². The van der Waals surface area contributed by atoms with Gasteiger partial charge < -0.3 is 0 Å². The molecule has 1 aromatic heterocycles. The first-order valence-electron chi connectivity index (χ1n) is 5.21. The lowest BCUT2D eigenvalue weighted by atomic mass is 9.91. The second kappa shape index (κ2) is 3.79. The van der Waals surface area contributed by atoms with Gasteiger partial charge in [-0.05, 0) is 23.1 Å². The third kappa shape index (κ3) is 1.56. The topological polar surface area (TPSA) is 34.1 Å². The zero-order chi connectivity index (χ0) is 11.8. The van der Waals surface area contributed by atoms with E-state index < -0.39 is 0 Å². The molecular weight excluding hydrogens is 232 g/mol. The van der Waals surface area contributed by atoms with Crippen molar-refractivity contribution in [3.63, 3.8) is 0 Å². The van der Waals surface area contributed by atoms with Crippen molar-refractivity contribution in [3.05, 3.63) is 63.9 Å². The van der Waals surface area contributed by atoms with Gasteiger partial charge in [-0.15, -0.1) is 11.3 Å². The Balaban J connectivity index is 2.15. The molecule has 0 bridgehead atoms. The van der Waals surface area contributed by atoms with E-state index in [2.05, 4.69) is 0 Å². The maximum atomic E-state index is 12.2. The van der Waals surface area contributed by atoms with Gasteiger partial charge in [-0.2, -0.15) is 0 Å². The van der Waals surface area contributed by atoms with Crippen molar-refractivity contribution in [2.75, 3.05) is 0 Å². The molecule has 0 N–H and O–H groups in total. The minimum Gasteiger partial charge on any atom is -0.289 e. The molecular formula is C14H8O2S. The highest BCUT2D eigenvalue weighted by molar-refractivity contribution is 7.12. The summed E-state index contributed by atoms with van der Waals surface area (Å²) in [5.41, 5.74) is 1.81. The molecule has 0 fully saturated rings. The molecule has 0 spiro atoms. The van der Waals surface area contributed by atoms with Crippen molar-refractivity contribution in [3.8, 4) is 0 Å². The molecule has 2 aromatic rings. The van der Waals surface area contributed by atoms with Gasteiger partial charge in [0, 0.05) is 11.1 Å². The number of Topliss-reactive ketones (excluding diaryl/α,β-unsaturated/α-hetero) is 1. The molecule has 1 aliphatic carbocycles. The molecule has 1 heterocycles. The molecule has 1 aromatic carbocycles. The first-order valence-corrected chi connectivity index (χ1v) is 6.09. The molecule has 0 unspecified atom stereocenters.